The number of rotatable bonds is 9. The van der Waals surface area contributed by atoms with Gasteiger partial charge in [0, 0.05) is 5.56 Å². The quantitative estimate of drug-likeness (QED) is 0.487. The molecule has 0 aliphatic carbocycles. The summed E-state index contributed by atoms with van der Waals surface area (Å²) in [5.74, 6) is -1.44. The number of sulfonamides is 1. The number of hydrogen-bond donors (Lipinski definition) is 3. The van der Waals surface area contributed by atoms with Crippen LogP contribution in [0, 0.1) is 18.8 Å². The van der Waals surface area contributed by atoms with Crippen LogP contribution < -0.4 is 10.1 Å². The van der Waals surface area contributed by atoms with E-state index in [1.54, 1.807) is 42.5 Å². The molecule has 0 spiro atoms. The third-order valence-electron chi connectivity index (χ3n) is 6.38. The van der Waals surface area contributed by atoms with Crippen molar-refractivity contribution in [1.82, 2.24) is 15.2 Å². The molecular formula is C26H35N3O5S. The molecular weight excluding hydrogens is 466 g/mol. The molecule has 1 aliphatic heterocycles. The number of aliphatic hydroxyl groups excluding tert-OH is 1. The van der Waals surface area contributed by atoms with Crippen molar-refractivity contribution >= 4 is 21.8 Å². The summed E-state index contributed by atoms with van der Waals surface area (Å²) in [6, 6.07) is 14.8. The lowest BCUT2D eigenvalue weighted by molar-refractivity contribution is -0.168. The van der Waals surface area contributed by atoms with Crippen LogP contribution in [0.4, 0.5) is 0 Å². The Morgan fingerprint density at radius 3 is 2.34 bits per heavy atom. The van der Waals surface area contributed by atoms with E-state index in [9.17, 15) is 23.1 Å². The van der Waals surface area contributed by atoms with Gasteiger partial charge in [0.05, 0.1) is 4.90 Å². The Morgan fingerprint density at radius 1 is 1.14 bits per heavy atom. The predicted molar refractivity (Wildman–Crippen MR) is 133 cm³/mol. The average molecular weight is 502 g/mol. The van der Waals surface area contributed by atoms with Gasteiger partial charge in [-0.05, 0) is 62.3 Å². The largest absolute Gasteiger partial charge is 0.372 e. The molecule has 1 aliphatic rings. The first-order valence-electron chi connectivity index (χ1n) is 12.0. The lowest BCUT2D eigenvalue weighted by Crippen LogP contribution is -2.72. The summed E-state index contributed by atoms with van der Waals surface area (Å²) in [5.41, 5.74) is -0.0943. The normalized spacial score (nSPS) is 22.9. The number of nitrogens with one attached hydrogen (secondary N) is 2. The van der Waals surface area contributed by atoms with Gasteiger partial charge < -0.3 is 10.4 Å². The summed E-state index contributed by atoms with van der Waals surface area (Å²) in [6.45, 7) is 7.70. The van der Waals surface area contributed by atoms with Crippen molar-refractivity contribution in [3.63, 3.8) is 0 Å². The number of carbonyl (C=O) groups is 2. The maximum absolute atomic E-state index is 14.0. The minimum absolute atomic E-state index is 0.0141. The standard InChI is InChI=1S/C26H35N3O5S/c1-5-9-21-16-23(30)29(28-35(33,34)22-14-12-19(4)13-15-22)25(32)26(21,17-18(2)3)27-24(31)20-10-7-6-8-11-20/h6-8,10-15,18,21,23,28,30H,5,9,16-17H2,1-4H3,(H,27,31)/t21-,23+,26+/m1/s1. The summed E-state index contributed by atoms with van der Waals surface area (Å²) in [5, 5.41) is 14.6. The predicted octanol–water partition coefficient (Wildman–Crippen LogP) is 3.37. The van der Waals surface area contributed by atoms with Crippen molar-refractivity contribution < 1.29 is 23.1 Å². The zero-order valence-corrected chi connectivity index (χ0v) is 21.5. The first kappa shape index (κ1) is 26.8. The van der Waals surface area contributed by atoms with Crippen LogP contribution >= 0.6 is 0 Å². The van der Waals surface area contributed by atoms with Crippen LogP contribution in [-0.4, -0.2) is 42.1 Å². The SMILES string of the molecule is CCC[C@@H]1C[C@H](O)N(NS(=O)(=O)c2ccc(C)cc2)C(=O)[C@@]1(CC(C)C)NC(=O)c1ccccc1. The van der Waals surface area contributed by atoms with Crippen molar-refractivity contribution in [1.29, 1.82) is 0 Å². The van der Waals surface area contributed by atoms with Crippen molar-refractivity contribution in [3.8, 4) is 0 Å². The summed E-state index contributed by atoms with van der Waals surface area (Å²) >= 11 is 0. The van der Waals surface area contributed by atoms with E-state index in [0.717, 1.165) is 17.0 Å². The third-order valence-corrected chi connectivity index (χ3v) is 7.71. The van der Waals surface area contributed by atoms with Crippen LogP contribution in [-0.2, 0) is 14.8 Å². The Kier molecular flexibility index (Phi) is 8.35. The van der Waals surface area contributed by atoms with Crippen LogP contribution in [0.3, 0.4) is 0 Å². The fraction of sp³-hybridized carbons (Fsp3) is 0.462. The molecule has 8 nitrogen and oxygen atoms in total. The van der Waals surface area contributed by atoms with Gasteiger partial charge in [0.2, 0.25) is 0 Å². The molecule has 3 N–H and O–H groups in total. The highest BCUT2D eigenvalue weighted by Gasteiger charge is 2.55. The lowest BCUT2D eigenvalue weighted by atomic mass is 9.70. The van der Waals surface area contributed by atoms with E-state index in [2.05, 4.69) is 10.1 Å². The molecule has 3 atom stereocenters. The van der Waals surface area contributed by atoms with E-state index < -0.39 is 33.6 Å². The number of aliphatic hydroxyl groups is 1. The third kappa shape index (κ3) is 5.91. The van der Waals surface area contributed by atoms with Gasteiger partial charge >= 0.3 is 0 Å². The van der Waals surface area contributed by atoms with Crippen LogP contribution in [0.5, 0.6) is 0 Å². The van der Waals surface area contributed by atoms with E-state index in [-0.39, 0.29) is 23.2 Å². The molecule has 1 heterocycles. The van der Waals surface area contributed by atoms with Crippen molar-refractivity contribution in [2.24, 2.45) is 11.8 Å². The molecule has 190 valence electrons. The summed E-state index contributed by atoms with van der Waals surface area (Å²) in [7, 11) is -4.15. The molecule has 2 amide bonds. The summed E-state index contributed by atoms with van der Waals surface area (Å²) < 4.78 is 26.2. The number of hydrogen-bond acceptors (Lipinski definition) is 5. The highest BCUT2D eigenvalue weighted by molar-refractivity contribution is 7.89. The number of nitrogens with zero attached hydrogens (tertiary/aromatic N) is 1. The molecule has 35 heavy (non-hydrogen) atoms. The minimum atomic E-state index is -4.15. The second kappa shape index (κ2) is 10.9. The molecule has 1 saturated heterocycles. The molecule has 2 aromatic carbocycles. The smallest absolute Gasteiger partial charge is 0.265 e. The molecule has 0 saturated carbocycles. The van der Waals surface area contributed by atoms with Gasteiger partial charge in [0.1, 0.15) is 11.8 Å². The van der Waals surface area contributed by atoms with Gasteiger partial charge in [-0.15, -0.1) is 4.83 Å². The van der Waals surface area contributed by atoms with Crippen molar-refractivity contribution in [2.45, 2.75) is 70.0 Å². The molecule has 0 unspecified atom stereocenters. The number of carbonyl (C=O) groups excluding carboxylic acids is 2. The Hall–Kier alpha value is -2.75. The van der Waals surface area contributed by atoms with Crippen LogP contribution in [0.1, 0.15) is 62.4 Å². The van der Waals surface area contributed by atoms with Crippen molar-refractivity contribution in [3.05, 3.63) is 65.7 Å². The van der Waals surface area contributed by atoms with E-state index in [0.29, 0.717) is 18.4 Å². The van der Waals surface area contributed by atoms with E-state index in [1.165, 1.54) is 12.1 Å². The first-order valence-corrected chi connectivity index (χ1v) is 13.5. The topological polar surface area (TPSA) is 116 Å². The molecule has 0 radical (unpaired) electrons. The van der Waals surface area contributed by atoms with Gasteiger partial charge in [0.25, 0.3) is 21.8 Å². The maximum atomic E-state index is 14.0. The maximum Gasteiger partial charge on any atom is 0.265 e. The highest BCUT2D eigenvalue weighted by atomic mass is 32.2. The molecule has 9 heteroatoms. The Morgan fingerprint density at radius 2 is 1.77 bits per heavy atom. The molecule has 1 fully saturated rings. The van der Waals surface area contributed by atoms with E-state index in [4.69, 9.17) is 0 Å². The van der Waals surface area contributed by atoms with E-state index >= 15 is 0 Å². The fourth-order valence-electron chi connectivity index (χ4n) is 4.77. The Labute approximate surface area is 207 Å². The summed E-state index contributed by atoms with van der Waals surface area (Å²) in [4.78, 5) is 29.5. The average Bonchev–Trinajstić information content (AvgIpc) is 2.81. The Balaban J connectivity index is 2.02. The minimum Gasteiger partial charge on any atom is -0.372 e. The molecule has 0 aromatic heterocycles. The second-order valence-electron chi connectivity index (χ2n) is 9.67. The molecule has 2 aromatic rings. The van der Waals surface area contributed by atoms with Crippen LogP contribution in [0.25, 0.3) is 0 Å². The fourth-order valence-corrected chi connectivity index (χ4v) is 5.83. The van der Waals surface area contributed by atoms with Gasteiger partial charge in [-0.25, -0.2) is 13.4 Å². The zero-order chi connectivity index (χ0) is 25.8. The molecule has 0 bridgehead atoms. The van der Waals surface area contributed by atoms with Gasteiger partial charge in [-0.2, -0.15) is 0 Å². The number of benzene rings is 2. The van der Waals surface area contributed by atoms with Gasteiger partial charge in [0.15, 0.2) is 0 Å². The lowest BCUT2D eigenvalue weighted by Gasteiger charge is -2.49. The highest BCUT2D eigenvalue weighted by Crippen LogP contribution is 2.39. The van der Waals surface area contributed by atoms with Crippen LogP contribution in [0.15, 0.2) is 59.5 Å². The number of aryl methyl sites for hydroxylation is 1. The van der Waals surface area contributed by atoms with Crippen molar-refractivity contribution in [2.75, 3.05) is 0 Å². The Bertz CT molecular complexity index is 1140. The van der Waals surface area contributed by atoms with E-state index in [1.807, 2.05) is 27.7 Å². The van der Waals surface area contributed by atoms with Gasteiger partial charge in [-0.3, -0.25) is 9.59 Å². The second-order valence-corrected chi connectivity index (χ2v) is 11.3. The molecule has 3 rings (SSSR count). The van der Waals surface area contributed by atoms with Gasteiger partial charge in [-0.1, -0.05) is 63.1 Å². The summed E-state index contributed by atoms with van der Waals surface area (Å²) in [6.07, 6.45) is 0.375. The number of hydrazine groups is 1. The van der Waals surface area contributed by atoms with Crippen LogP contribution in [0.2, 0.25) is 0 Å². The number of piperidine rings is 1. The monoisotopic (exact) mass is 501 g/mol. The number of amides is 2. The zero-order valence-electron chi connectivity index (χ0n) is 20.7. The first-order chi connectivity index (χ1) is 16.5.